The van der Waals surface area contributed by atoms with Crippen molar-refractivity contribution in [3.63, 3.8) is 0 Å². The van der Waals surface area contributed by atoms with Crippen LogP contribution in [-0.2, 0) is 9.59 Å². The summed E-state index contributed by atoms with van der Waals surface area (Å²) in [5.41, 5.74) is 0. The molecule has 78 valence electrons. The highest BCUT2D eigenvalue weighted by atomic mass is 16.2. The molecule has 0 aromatic heterocycles. The van der Waals surface area contributed by atoms with E-state index in [2.05, 4.69) is 0 Å². The number of carbonyl (C=O) groups is 2. The van der Waals surface area contributed by atoms with Gasteiger partial charge in [-0.1, -0.05) is 12.8 Å². The molecular weight excluding hydrogens is 180 g/mol. The summed E-state index contributed by atoms with van der Waals surface area (Å²) in [6.45, 7) is 0. The molecule has 1 aliphatic heterocycles. The van der Waals surface area contributed by atoms with Crippen LogP contribution in [0.15, 0.2) is 0 Å². The van der Waals surface area contributed by atoms with Gasteiger partial charge in [0.25, 0.3) is 0 Å². The number of fused-ring (bicyclic) bond motifs is 1. The van der Waals surface area contributed by atoms with Gasteiger partial charge in [-0.15, -0.1) is 0 Å². The van der Waals surface area contributed by atoms with Crippen molar-refractivity contribution < 1.29 is 9.59 Å². The third-order valence-corrected chi connectivity index (χ3v) is 3.22. The van der Waals surface area contributed by atoms with Gasteiger partial charge in [-0.25, -0.2) is 10.0 Å². The Bertz CT molecular complexity index is 251. The lowest BCUT2D eigenvalue weighted by atomic mass is 9.81. The maximum atomic E-state index is 11.9. The smallest absolute Gasteiger partial charge is 0.247 e. The molecule has 0 radical (unpaired) electrons. The van der Waals surface area contributed by atoms with Crippen molar-refractivity contribution in [2.45, 2.75) is 25.7 Å². The predicted octanol–water partition coefficient (Wildman–Crippen LogP) is 0.638. The van der Waals surface area contributed by atoms with E-state index in [0.717, 1.165) is 25.7 Å². The predicted molar refractivity (Wildman–Crippen MR) is 51.0 cm³/mol. The lowest BCUT2D eigenvalue weighted by Gasteiger charge is -2.21. The fourth-order valence-corrected chi connectivity index (χ4v) is 2.54. The molecule has 0 bridgehead atoms. The minimum Gasteiger partial charge on any atom is -0.273 e. The van der Waals surface area contributed by atoms with E-state index in [0.29, 0.717) is 0 Å². The molecule has 4 heteroatoms. The van der Waals surface area contributed by atoms with Crippen LogP contribution in [0, 0.1) is 11.8 Å². The summed E-state index contributed by atoms with van der Waals surface area (Å²) in [5.74, 6) is -0.0494. The normalized spacial score (nSPS) is 32.6. The van der Waals surface area contributed by atoms with Crippen LogP contribution >= 0.6 is 0 Å². The fraction of sp³-hybridized carbons (Fsp3) is 0.800. The molecule has 0 N–H and O–H groups in total. The minimum atomic E-state index is -0.0290. The van der Waals surface area contributed by atoms with E-state index in [1.165, 1.54) is 5.01 Å². The molecule has 4 nitrogen and oxygen atoms in total. The van der Waals surface area contributed by atoms with Crippen LogP contribution in [0.1, 0.15) is 25.7 Å². The maximum absolute atomic E-state index is 11.9. The van der Waals surface area contributed by atoms with Gasteiger partial charge in [-0.05, 0) is 12.8 Å². The number of carbonyl (C=O) groups excluding carboxylic acids is 2. The summed E-state index contributed by atoms with van der Waals surface area (Å²) in [7, 11) is 3.49. The van der Waals surface area contributed by atoms with E-state index in [4.69, 9.17) is 0 Å². The first-order valence-corrected chi connectivity index (χ1v) is 5.18. The molecule has 0 spiro atoms. The van der Waals surface area contributed by atoms with Crippen LogP contribution in [0.4, 0.5) is 0 Å². The second-order valence-corrected chi connectivity index (χ2v) is 4.33. The van der Waals surface area contributed by atoms with Crippen molar-refractivity contribution in [3.8, 4) is 0 Å². The van der Waals surface area contributed by atoms with Gasteiger partial charge >= 0.3 is 0 Å². The number of amides is 2. The number of hydrogen-bond donors (Lipinski definition) is 0. The molecule has 1 aliphatic carbocycles. The summed E-state index contributed by atoms with van der Waals surface area (Å²) in [5, 5.41) is 2.91. The molecule has 0 aromatic rings. The van der Waals surface area contributed by atoms with Gasteiger partial charge in [0, 0.05) is 14.1 Å². The minimum absolute atomic E-state index is 0.00435. The van der Waals surface area contributed by atoms with E-state index in [1.54, 1.807) is 19.1 Å². The number of imide groups is 1. The molecule has 14 heavy (non-hydrogen) atoms. The van der Waals surface area contributed by atoms with E-state index in [-0.39, 0.29) is 23.7 Å². The highest BCUT2D eigenvalue weighted by Crippen LogP contribution is 2.38. The van der Waals surface area contributed by atoms with Crippen LogP contribution in [0.5, 0.6) is 0 Å². The Hall–Kier alpha value is -0.900. The molecular formula is C10H16N2O2. The van der Waals surface area contributed by atoms with Gasteiger partial charge < -0.3 is 0 Å². The first-order valence-electron chi connectivity index (χ1n) is 5.18. The van der Waals surface area contributed by atoms with Crippen LogP contribution < -0.4 is 0 Å². The standard InChI is InChI=1S/C10H16N2O2/c1-11(2)12-9(13)7-5-3-4-6-8(7)10(12)14/h7-8H,3-6H2,1-2H3. The SMILES string of the molecule is CN(C)N1C(=O)C2CCCCC2C1=O. The quantitative estimate of drug-likeness (QED) is 0.578. The number of hydrogen-bond acceptors (Lipinski definition) is 3. The van der Waals surface area contributed by atoms with Crippen molar-refractivity contribution in [1.29, 1.82) is 0 Å². The third-order valence-electron chi connectivity index (χ3n) is 3.22. The van der Waals surface area contributed by atoms with Crippen LogP contribution in [0.3, 0.4) is 0 Å². The zero-order valence-corrected chi connectivity index (χ0v) is 8.69. The first-order chi connectivity index (χ1) is 6.63. The maximum Gasteiger partial charge on any atom is 0.247 e. The largest absolute Gasteiger partial charge is 0.273 e. The Balaban J connectivity index is 2.24. The van der Waals surface area contributed by atoms with Crippen LogP contribution in [0.2, 0.25) is 0 Å². The summed E-state index contributed by atoms with van der Waals surface area (Å²) in [6, 6.07) is 0. The van der Waals surface area contributed by atoms with E-state index in [1.807, 2.05) is 0 Å². The van der Waals surface area contributed by atoms with E-state index >= 15 is 0 Å². The molecule has 2 rings (SSSR count). The summed E-state index contributed by atoms with van der Waals surface area (Å²) >= 11 is 0. The van der Waals surface area contributed by atoms with Crippen molar-refractivity contribution >= 4 is 11.8 Å². The van der Waals surface area contributed by atoms with Crippen molar-refractivity contribution in [2.24, 2.45) is 11.8 Å². The number of rotatable bonds is 1. The Labute approximate surface area is 83.8 Å². The Kier molecular flexibility index (Phi) is 2.31. The highest BCUT2D eigenvalue weighted by molar-refractivity contribution is 6.04. The molecule has 2 atom stereocenters. The topological polar surface area (TPSA) is 40.6 Å². The molecule has 1 heterocycles. The van der Waals surface area contributed by atoms with Crippen molar-refractivity contribution in [1.82, 2.24) is 10.0 Å². The first kappa shape index (κ1) is 9.65. The molecule has 0 aromatic carbocycles. The lowest BCUT2D eigenvalue weighted by Crippen LogP contribution is -2.42. The van der Waals surface area contributed by atoms with Gasteiger partial charge in [-0.3, -0.25) is 9.59 Å². The molecule has 2 amide bonds. The van der Waals surface area contributed by atoms with Gasteiger partial charge in [0.2, 0.25) is 11.8 Å². The van der Waals surface area contributed by atoms with E-state index in [9.17, 15) is 9.59 Å². The van der Waals surface area contributed by atoms with Gasteiger partial charge in [0.05, 0.1) is 11.8 Å². The van der Waals surface area contributed by atoms with E-state index < -0.39 is 0 Å². The average Bonchev–Trinajstić information content (AvgIpc) is 2.41. The third kappa shape index (κ3) is 1.25. The molecule has 2 fully saturated rings. The van der Waals surface area contributed by atoms with Gasteiger partial charge in [-0.2, -0.15) is 0 Å². The lowest BCUT2D eigenvalue weighted by molar-refractivity contribution is -0.154. The van der Waals surface area contributed by atoms with Crippen LogP contribution in [0.25, 0.3) is 0 Å². The fourth-order valence-electron chi connectivity index (χ4n) is 2.54. The summed E-state index contributed by atoms with van der Waals surface area (Å²) in [4.78, 5) is 23.7. The van der Waals surface area contributed by atoms with Crippen molar-refractivity contribution in [3.05, 3.63) is 0 Å². The Morgan fingerprint density at radius 2 is 1.50 bits per heavy atom. The average molecular weight is 196 g/mol. The zero-order chi connectivity index (χ0) is 10.3. The van der Waals surface area contributed by atoms with Gasteiger partial charge in [0.1, 0.15) is 0 Å². The number of nitrogens with zero attached hydrogens (tertiary/aromatic N) is 2. The summed E-state index contributed by atoms with van der Waals surface area (Å²) in [6.07, 6.45) is 3.95. The molecule has 2 aliphatic rings. The Morgan fingerprint density at radius 3 is 1.86 bits per heavy atom. The number of hydrazine groups is 1. The molecule has 1 saturated heterocycles. The summed E-state index contributed by atoms with van der Waals surface area (Å²) < 4.78 is 0. The van der Waals surface area contributed by atoms with Crippen LogP contribution in [-0.4, -0.2) is 35.9 Å². The highest BCUT2D eigenvalue weighted by Gasteiger charge is 2.49. The monoisotopic (exact) mass is 196 g/mol. The molecule has 2 unspecified atom stereocenters. The Morgan fingerprint density at radius 1 is 1.07 bits per heavy atom. The molecule has 1 saturated carbocycles. The second kappa shape index (κ2) is 3.35. The second-order valence-electron chi connectivity index (χ2n) is 4.33. The van der Waals surface area contributed by atoms with Gasteiger partial charge in [0.15, 0.2) is 0 Å². The zero-order valence-electron chi connectivity index (χ0n) is 8.69. The van der Waals surface area contributed by atoms with Crippen molar-refractivity contribution in [2.75, 3.05) is 14.1 Å².